The maximum absolute atomic E-state index is 4.42. The molecule has 1 heterocycles. The van der Waals surface area contributed by atoms with E-state index in [4.69, 9.17) is 0 Å². The zero-order valence-electron chi connectivity index (χ0n) is 11.0. The quantitative estimate of drug-likeness (QED) is 0.766. The Labute approximate surface area is 103 Å². The molecule has 0 unspecified atom stereocenters. The van der Waals surface area contributed by atoms with Crippen LogP contribution in [0.2, 0.25) is 0 Å². The van der Waals surface area contributed by atoms with Gasteiger partial charge in [-0.25, -0.2) is 4.98 Å². The lowest BCUT2D eigenvalue weighted by molar-refractivity contribution is 0.358. The van der Waals surface area contributed by atoms with Gasteiger partial charge in [0.1, 0.15) is 0 Å². The highest BCUT2D eigenvalue weighted by atomic mass is 32.1. The third-order valence-corrected chi connectivity index (χ3v) is 3.33. The Balaban J connectivity index is 2.00. The lowest BCUT2D eigenvalue weighted by atomic mass is 9.90. The number of nitrogens with one attached hydrogen (secondary N) is 1. The SMILES string of the molecule is Cc1nc(CNCCCCC(C)(C)C)cs1. The van der Waals surface area contributed by atoms with Crippen molar-refractivity contribution in [2.24, 2.45) is 5.41 Å². The van der Waals surface area contributed by atoms with Gasteiger partial charge < -0.3 is 5.32 Å². The van der Waals surface area contributed by atoms with Crippen LogP contribution in [0.25, 0.3) is 0 Å². The zero-order chi connectivity index (χ0) is 12.0. The molecule has 0 saturated carbocycles. The van der Waals surface area contributed by atoms with Crippen LogP contribution in [0, 0.1) is 12.3 Å². The molecule has 0 saturated heterocycles. The summed E-state index contributed by atoms with van der Waals surface area (Å²) in [4.78, 5) is 4.42. The Hall–Kier alpha value is -0.410. The van der Waals surface area contributed by atoms with E-state index in [1.165, 1.54) is 25.0 Å². The summed E-state index contributed by atoms with van der Waals surface area (Å²) in [7, 11) is 0. The smallest absolute Gasteiger partial charge is 0.0897 e. The molecule has 0 aliphatic heterocycles. The van der Waals surface area contributed by atoms with Crippen LogP contribution in [-0.2, 0) is 6.54 Å². The summed E-state index contributed by atoms with van der Waals surface area (Å²) in [6, 6.07) is 0. The minimum absolute atomic E-state index is 0.478. The van der Waals surface area contributed by atoms with E-state index < -0.39 is 0 Å². The van der Waals surface area contributed by atoms with Crippen molar-refractivity contribution in [1.82, 2.24) is 10.3 Å². The summed E-state index contributed by atoms with van der Waals surface area (Å²) < 4.78 is 0. The highest BCUT2D eigenvalue weighted by Crippen LogP contribution is 2.21. The molecule has 3 heteroatoms. The average Bonchev–Trinajstić information content (AvgIpc) is 2.56. The Kier molecular flexibility index (Phi) is 5.42. The Morgan fingerprint density at radius 2 is 2.06 bits per heavy atom. The zero-order valence-corrected chi connectivity index (χ0v) is 11.8. The number of rotatable bonds is 6. The monoisotopic (exact) mass is 240 g/mol. The number of unbranched alkanes of at least 4 members (excludes halogenated alkanes) is 1. The number of hydrogen-bond donors (Lipinski definition) is 1. The fraction of sp³-hybridized carbons (Fsp3) is 0.769. The third-order valence-electron chi connectivity index (χ3n) is 2.50. The fourth-order valence-electron chi connectivity index (χ4n) is 1.61. The van der Waals surface area contributed by atoms with Crippen molar-refractivity contribution >= 4 is 11.3 Å². The van der Waals surface area contributed by atoms with Crippen molar-refractivity contribution in [2.45, 2.75) is 53.5 Å². The summed E-state index contributed by atoms with van der Waals surface area (Å²) in [6.07, 6.45) is 3.89. The molecule has 1 aromatic heterocycles. The van der Waals surface area contributed by atoms with Gasteiger partial charge in [0.25, 0.3) is 0 Å². The fourth-order valence-corrected chi connectivity index (χ4v) is 2.22. The molecular formula is C13H24N2S. The van der Waals surface area contributed by atoms with Crippen LogP contribution < -0.4 is 5.32 Å². The molecule has 16 heavy (non-hydrogen) atoms. The highest BCUT2D eigenvalue weighted by molar-refractivity contribution is 7.09. The standard InChI is InChI=1S/C13H24N2S/c1-11-15-12(10-16-11)9-14-8-6-5-7-13(2,3)4/h10,14H,5-9H2,1-4H3. The van der Waals surface area contributed by atoms with Crippen molar-refractivity contribution < 1.29 is 0 Å². The van der Waals surface area contributed by atoms with Crippen LogP contribution in [0.4, 0.5) is 0 Å². The van der Waals surface area contributed by atoms with E-state index in [0.717, 1.165) is 18.1 Å². The van der Waals surface area contributed by atoms with Gasteiger partial charge >= 0.3 is 0 Å². The molecule has 92 valence electrons. The predicted molar refractivity (Wildman–Crippen MR) is 71.9 cm³/mol. The van der Waals surface area contributed by atoms with E-state index in [1.54, 1.807) is 11.3 Å². The summed E-state index contributed by atoms with van der Waals surface area (Å²) in [6.45, 7) is 11.0. The molecule has 1 aromatic rings. The summed E-state index contributed by atoms with van der Waals surface area (Å²) in [5, 5.41) is 6.74. The minimum Gasteiger partial charge on any atom is -0.311 e. The molecule has 0 aliphatic rings. The molecule has 0 atom stereocenters. The molecular weight excluding hydrogens is 216 g/mol. The molecule has 2 nitrogen and oxygen atoms in total. The van der Waals surface area contributed by atoms with Crippen molar-refractivity contribution in [3.8, 4) is 0 Å². The maximum atomic E-state index is 4.42. The Morgan fingerprint density at radius 3 is 2.62 bits per heavy atom. The molecule has 0 fully saturated rings. The van der Waals surface area contributed by atoms with Gasteiger partial charge in [-0.15, -0.1) is 11.3 Å². The number of aromatic nitrogens is 1. The van der Waals surface area contributed by atoms with Crippen molar-refractivity contribution in [3.05, 3.63) is 16.1 Å². The molecule has 0 aliphatic carbocycles. The average molecular weight is 240 g/mol. The second-order valence-corrected chi connectivity index (χ2v) is 6.61. The normalized spacial score (nSPS) is 12.0. The van der Waals surface area contributed by atoms with Gasteiger partial charge in [-0.2, -0.15) is 0 Å². The number of aryl methyl sites for hydroxylation is 1. The summed E-state index contributed by atoms with van der Waals surface area (Å²) in [5.74, 6) is 0. The van der Waals surface area contributed by atoms with Crippen molar-refractivity contribution in [3.63, 3.8) is 0 Å². The summed E-state index contributed by atoms with van der Waals surface area (Å²) in [5.41, 5.74) is 1.66. The van der Waals surface area contributed by atoms with Gasteiger partial charge in [0.15, 0.2) is 0 Å². The molecule has 0 amide bonds. The van der Waals surface area contributed by atoms with Crippen LogP contribution >= 0.6 is 11.3 Å². The van der Waals surface area contributed by atoms with Crippen LogP contribution in [0.5, 0.6) is 0 Å². The van der Waals surface area contributed by atoms with Gasteiger partial charge in [0.2, 0.25) is 0 Å². The molecule has 0 radical (unpaired) electrons. The first kappa shape index (κ1) is 13.7. The Morgan fingerprint density at radius 1 is 1.31 bits per heavy atom. The van der Waals surface area contributed by atoms with Gasteiger partial charge in [-0.1, -0.05) is 27.2 Å². The number of nitrogens with zero attached hydrogens (tertiary/aromatic N) is 1. The van der Waals surface area contributed by atoms with E-state index >= 15 is 0 Å². The summed E-state index contributed by atoms with van der Waals surface area (Å²) >= 11 is 1.72. The Bertz CT molecular complexity index is 299. The van der Waals surface area contributed by atoms with E-state index in [1.807, 2.05) is 0 Å². The molecule has 0 aromatic carbocycles. The first-order valence-electron chi connectivity index (χ1n) is 6.09. The van der Waals surface area contributed by atoms with E-state index in [9.17, 15) is 0 Å². The highest BCUT2D eigenvalue weighted by Gasteiger charge is 2.08. The van der Waals surface area contributed by atoms with Crippen molar-refractivity contribution in [1.29, 1.82) is 0 Å². The number of hydrogen-bond acceptors (Lipinski definition) is 3. The third kappa shape index (κ3) is 6.23. The van der Waals surface area contributed by atoms with E-state index in [0.29, 0.717) is 5.41 Å². The van der Waals surface area contributed by atoms with Crippen molar-refractivity contribution in [2.75, 3.05) is 6.54 Å². The van der Waals surface area contributed by atoms with Crippen LogP contribution in [0.15, 0.2) is 5.38 Å². The second kappa shape index (κ2) is 6.36. The van der Waals surface area contributed by atoms with Gasteiger partial charge in [0.05, 0.1) is 10.7 Å². The maximum Gasteiger partial charge on any atom is 0.0897 e. The van der Waals surface area contributed by atoms with Crippen LogP contribution in [-0.4, -0.2) is 11.5 Å². The first-order chi connectivity index (χ1) is 7.47. The predicted octanol–water partition coefficient (Wildman–Crippen LogP) is 3.76. The minimum atomic E-state index is 0.478. The van der Waals surface area contributed by atoms with Crippen LogP contribution in [0.3, 0.4) is 0 Å². The largest absolute Gasteiger partial charge is 0.311 e. The van der Waals surface area contributed by atoms with E-state index in [2.05, 4.69) is 43.4 Å². The van der Waals surface area contributed by atoms with E-state index in [-0.39, 0.29) is 0 Å². The second-order valence-electron chi connectivity index (χ2n) is 5.55. The number of thiazole rings is 1. The molecule has 1 N–H and O–H groups in total. The van der Waals surface area contributed by atoms with Gasteiger partial charge in [0, 0.05) is 11.9 Å². The molecule has 0 bridgehead atoms. The molecule has 1 rings (SSSR count). The topological polar surface area (TPSA) is 24.9 Å². The first-order valence-corrected chi connectivity index (χ1v) is 6.97. The lowest BCUT2D eigenvalue weighted by Crippen LogP contribution is -2.15. The van der Waals surface area contributed by atoms with Gasteiger partial charge in [-0.3, -0.25) is 0 Å². The van der Waals surface area contributed by atoms with Gasteiger partial charge in [-0.05, 0) is 31.7 Å². The molecule has 0 spiro atoms. The lowest BCUT2D eigenvalue weighted by Gasteiger charge is -2.17. The van der Waals surface area contributed by atoms with Crippen LogP contribution in [0.1, 0.15) is 50.7 Å².